The van der Waals surface area contributed by atoms with E-state index in [1.807, 2.05) is 12.1 Å². The fraction of sp³-hybridized carbons (Fsp3) is 0.344. The van der Waals surface area contributed by atoms with Crippen molar-refractivity contribution in [2.45, 2.75) is 143 Å². The minimum atomic E-state index is -2.38. The highest BCUT2D eigenvalue weighted by Crippen LogP contribution is 2.55. The first kappa shape index (κ1) is 41.0. The fourth-order valence-electron chi connectivity index (χ4n) is 13.0. The number of nitrogens with zero attached hydrogens (tertiary/aromatic N) is 3. The summed E-state index contributed by atoms with van der Waals surface area (Å²) in [5.41, 5.74) is 22.3. The lowest BCUT2D eigenvalue weighted by atomic mass is 9.33. The summed E-state index contributed by atoms with van der Waals surface area (Å²) in [4.78, 5) is 7.25. The Morgan fingerprint density at radius 1 is 0.485 bits per heavy atom. The standard InChI is InChI=1S/C64H70BN3/c1-40-31-57-59-58(32-40)68(54-37-50-47(34-42(54)3)63(11,12)39-64(50,13)14)55-35-46(66(44-21-17-15-18-22-44)45-23-19-16-20-24-45)26-27-51(55)65(59)52-36-48-49(62(9,10)30-29-61(48,7)8)38-56(52)67(57)53-28-25-43(33-41(53)2)60(4,5)6/h15-28,31-38H,29-30,39H2,1-14H3/i1D3. The highest BCUT2D eigenvalue weighted by molar-refractivity contribution is 7.00. The number of fused-ring (bicyclic) bond motifs is 6. The zero-order chi connectivity index (χ0) is 50.5. The average Bonchev–Trinajstić information content (AvgIpc) is 3.48. The molecule has 344 valence electrons. The third kappa shape index (κ3) is 6.82. The summed E-state index contributed by atoms with van der Waals surface area (Å²) in [6, 6.07) is 49.3. The minimum absolute atomic E-state index is 0.0124. The van der Waals surface area contributed by atoms with Crippen LogP contribution in [-0.4, -0.2) is 6.71 Å². The van der Waals surface area contributed by atoms with E-state index < -0.39 is 6.85 Å². The van der Waals surface area contributed by atoms with Crippen molar-refractivity contribution in [1.82, 2.24) is 0 Å². The summed E-state index contributed by atoms with van der Waals surface area (Å²) in [7, 11) is 0. The van der Waals surface area contributed by atoms with Crippen molar-refractivity contribution in [3.05, 3.63) is 178 Å². The van der Waals surface area contributed by atoms with Gasteiger partial charge in [0.05, 0.1) is 0 Å². The molecule has 4 heteroatoms. The third-order valence-electron chi connectivity index (χ3n) is 16.5. The third-order valence-corrected chi connectivity index (χ3v) is 16.5. The van der Waals surface area contributed by atoms with Gasteiger partial charge >= 0.3 is 0 Å². The molecular formula is C64H70BN3. The molecular weight excluding hydrogens is 822 g/mol. The van der Waals surface area contributed by atoms with Crippen molar-refractivity contribution in [3.8, 4) is 0 Å². The van der Waals surface area contributed by atoms with Gasteiger partial charge in [-0.05, 0) is 195 Å². The first-order chi connectivity index (χ1) is 33.3. The second-order valence-electron chi connectivity index (χ2n) is 24.4. The number of anilines is 9. The molecule has 2 heterocycles. The molecule has 0 saturated carbocycles. The van der Waals surface area contributed by atoms with Crippen molar-refractivity contribution in [2.24, 2.45) is 0 Å². The van der Waals surface area contributed by atoms with Gasteiger partial charge in [0.25, 0.3) is 6.71 Å². The second-order valence-corrected chi connectivity index (χ2v) is 24.4. The van der Waals surface area contributed by atoms with Crippen molar-refractivity contribution in [1.29, 1.82) is 0 Å². The van der Waals surface area contributed by atoms with Crippen molar-refractivity contribution >= 4 is 74.3 Å². The zero-order valence-corrected chi connectivity index (χ0v) is 42.7. The van der Waals surface area contributed by atoms with E-state index in [4.69, 9.17) is 0 Å². The molecule has 0 unspecified atom stereocenters. The largest absolute Gasteiger partial charge is 0.311 e. The first-order valence-corrected chi connectivity index (χ1v) is 25.1. The topological polar surface area (TPSA) is 9.72 Å². The predicted octanol–water partition coefficient (Wildman–Crippen LogP) is 15.8. The van der Waals surface area contributed by atoms with Crippen LogP contribution in [-0.2, 0) is 27.1 Å². The molecule has 7 aromatic rings. The SMILES string of the molecule is [2H]C([2H])([2H])c1cc2c3c(c1)N(c1ccc(C(C)(C)C)cc1C)c1cc4c(cc1B3c1ccc(N(c3ccccc3)c3ccccc3)cc1N2c1cc2c(cc1C)C(C)(C)CC2(C)C)C(C)(C)CCC4(C)C. The second kappa shape index (κ2) is 15.0. The molecule has 2 aliphatic carbocycles. The minimum Gasteiger partial charge on any atom is -0.311 e. The quantitative estimate of drug-likeness (QED) is 0.159. The molecule has 0 N–H and O–H groups in total. The van der Waals surface area contributed by atoms with Gasteiger partial charge in [0.2, 0.25) is 0 Å². The molecule has 0 amide bonds. The lowest BCUT2D eigenvalue weighted by Gasteiger charge is -2.48. The summed E-state index contributed by atoms with van der Waals surface area (Å²) in [6.45, 7) is 27.9. The Morgan fingerprint density at radius 2 is 1.00 bits per heavy atom. The van der Waals surface area contributed by atoms with E-state index in [2.05, 4.69) is 226 Å². The maximum absolute atomic E-state index is 9.23. The van der Waals surface area contributed by atoms with Crippen LogP contribution in [0.1, 0.15) is 144 Å². The van der Waals surface area contributed by atoms with Crippen molar-refractivity contribution in [3.63, 3.8) is 0 Å². The van der Waals surface area contributed by atoms with Gasteiger partial charge in [-0.1, -0.05) is 143 Å². The average molecular weight is 895 g/mol. The van der Waals surface area contributed by atoms with Crippen LogP contribution in [0.4, 0.5) is 51.2 Å². The molecule has 3 nitrogen and oxygen atoms in total. The molecule has 0 spiro atoms. The van der Waals surface area contributed by atoms with Crippen LogP contribution in [0.25, 0.3) is 0 Å². The van der Waals surface area contributed by atoms with E-state index in [1.165, 1.54) is 44.3 Å². The number of para-hydroxylation sites is 2. The van der Waals surface area contributed by atoms with E-state index in [-0.39, 0.29) is 33.8 Å². The maximum Gasteiger partial charge on any atom is 0.252 e. The summed E-state index contributed by atoms with van der Waals surface area (Å²) >= 11 is 0. The number of hydrogen-bond donors (Lipinski definition) is 0. The van der Waals surface area contributed by atoms with Gasteiger partial charge in [-0.15, -0.1) is 0 Å². The highest BCUT2D eigenvalue weighted by atomic mass is 15.2. The van der Waals surface area contributed by atoms with Crippen LogP contribution >= 0.6 is 0 Å². The zero-order valence-electron chi connectivity index (χ0n) is 45.7. The molecule has 7 aromatic carbocycles. The molecule has 0 saturated heterocycles. The van der Waals surface area contributed by atoms with Gasteiger partial charge < -0.3 is 14.7 Å². The molecule has 4 aliphatic rings. The number of benzene rings is 7. The molecule has 11 rings (SSSR count). The van der Waals surface area contributed by atoms with E-state index in [0.29, 0.717) is 5.56 Å². The van der Waals surface area contributed by atoms with E-state index in [1.54, 1.807) is 0 Å². The van der Waals surface area contributed by atoms with Crippen LogP contribution in [0, 0.1) is 20.7 Å². The predicted molar refractivity (Wildman–Crippen MR) is 294 cm³/mol. The maximum atomic E-state index is 9.23. The van der Waals surface area contributed by atoms with E-state index in [9.17, 15) is 4.11 Å². The Bertz CT molecular complexity index is 3260. The van der Waals surface area contributed by atoms with Gasteiger partial charge in [0.1, 0.15) is 0 Å². The Morgan fingerprint density at radius 3 is 1.57 bits per heavy atom. The molecule has 2 aliphatic heterocycles. The molecule has 68 heavy (non-hydrogen) atoms. The van der Waals surface area contributed by atoms with Gasteiger partial charge in [-0.2, -0.15) is 0 Å². The molecule has 0 bridgehead atoms. The lowest BCUT2D eigenvalue weighted by Crippen LogP contribution is -2.62. The Kier molecular flexibility index (Phi) is 9.05. The smallest absolute Gasteiger partial charge is 0.252 e. The molecule has 0 radical (unpaired) electrons. The Hall–Kier alpha value is -6.00. The number of aryl methyl sites for hydroxylation is 3. The van der Waals surface area contributed by atoms with Crippen LogP contribution in [0.2, 0.25) is 0 Å². The number of rotatable bonds is 5. The summed E-state index contributed by atoms with van der Waals surface area (Å²) < 4.78 is 27.7. The van der Waals surface area contributed by atoms with Crippen LogP contribution < -0.4 is 31.1 Å². The molecule has 0 atom stereocenters. The van der Waals surface area contributed by atoms with Crippen LogP contribution in [0.5, 0.6) is 0 Å². The first-order valence-electron chi connectivity index (χ1n) is 26.6. The summed E-state index contributed by atoms with van der Waals surface area (Å²) in [5, 5.41) is 0. The highest BCUT2D eigenvalue weighted by Gasteiger charge is 2.48. The molecule has 0 aromatic heterocycles. The van der Waals surface area contributed by atoms with Crippen molar-refractivity contribution in [2.75, 3.05) is 14.7 Å². The van der Waals surface area contributed by atoms with Gasteiger partial charge in [0, 0.05) is 55.3 Å². The normalized spacial score (nSPS) is 18.6. The molecule has 0 fully saturated rings. The van der Waals surface area contributed by atoms with Gasteiger partial charge in [0.15, 0.2) is 0 Å². The summed E-state index contributed by atoms with van der Waals surface area (Å²) in [5.74, 6) is 0. The van der Waals surface area contributed by atoms with E-state index >= 15 is 0 Å². The van der Waals surface area contributed by atoms with Crippen LogP contribution in [0.3, 0.4) is 0 Å². The lowest BCUT2D eigenvalue weighted by molar-refractivity contribution is 0.332. The van der Waals surface area contributed by atoms with E-state index in [0.717, 1.165) is 81.5 Å². The van der Waals surface area contributed by atoms with Gasteiger partial charge in [-0.25, -0.2) is 0 Å². The monoisotopic (exact) mass is 895 g/mol. The fourth-order valence-corrected chi connectivity index (χ4v) is 13.0. The van der Waals surface area contributed by atoms with Crippen LogP contribution in [0.15, 0.2) is 133 Å². The Balaban J connectivity index is 1.29. The number of hydrogen-bond acceptors (Lipinski definition) is 3. The summed E-state index contributed by atoms with van der Waals surface area (Å²) in [6.07, 6.45) is 3.24. The van der Waals surface area contributed by atoms with Crippen molar-refractivity contribution < 1.29 is 4.11 Å². The van der Waals surface area contributed by atoms with Gasteiger partial charge in [-0.3, -0.25) is 0 Å². The Labute approximate surface area is 412 Å².